The van der Waals surface area contributed by atoms with Crippen LogP contribution in [0.1, 0.15) is 37.8 Å². The van der Waals surface area contributed by atoms with Crippen molar-refractivity contribution in [1.82, 2.24) is 29.5 Å². The Balaban J connectivity index is 1.27. The van der Waals surface area contributed by atoms with Gasteiger partial charge in [-0.2, -0.15) is 19.4 Å². The zero-order valence-electron chi connectivity index (χ0n) is 20.3. The lowest BCUT2D eigenvalue weighted by Crippen LogP contribution is -2.55. The van der Waals surface area contributed by atoms with Crippen LogP contribution in [0.25, 0.3) is 0 Å². The van der Waals surface area contributed by atoms with Gasteiger partial charge in [0.25, 0.3) is 0 Å². The van der Waals surface area contributed by atoms with Crippen LogP contribution in [0.2, 0.25) is 0 Å². The highest BCUT2D eigenvalue weighted by molar-refractivity contribution is 7.89. The predicted molar refractivity (Wildman–Crippen MR) is 132 cm³/mol. The first-order valence-corrected chi connectivity index (χ1v) is 13.5. The van der Waals surface area contributed by atoms with Crippen molar-refractivity contribution in [2.24, 2.45) is 5.92 Å². The zero-order chi connectivity index (χ0) is 26.0. The fraction of sp³-hybridized carbons (Fsp3) is 0.478. The summed E-state index contributed by atoms with van der Waals surface area (Å²) in [5, 5.41) is 22.3. The molecule has 2 aliphatic heterocycles. The van der Waals surface area contributed by atoms with Gasteiger partial charge in [-0.25, -0.2) is 12.8 Å². The number of nitrogens with one attached hydrogen (secondary N) is 3. The molecule has 0 spiro atoms. The number of ether oxygens (including phenoxy) is 1. The van der Waals surface area contributed by atoms with Gasteiger partial charge in [-0.1, -0.05) is 6.42 Å². The molecule has 12 nitrogen and oxygen atoms in total. The van der Waals surface area contributed by atoms with Crippen LogP contribution >= 0.6 is 0 Å². The first-order valence-electron chi connectivity index (χ1n) is 12.1. The second-order valence-corrected chi connectivity index (χ2v) is 11.2. The van der Waals surface area contributed by atoms with E-state index >= 15 is 0 Å². The molecule has 198 valence electrons. The van der Waals surface area contributed by atoms with Crippen molar-refractivity contribution in [2.45, 2.75) is 55.7 Å². The highest BCUT2D eigenvalue weighted by atomic mass is 32.2. The van der Waals surface area contributed by atoms with Gasteiger partial charge in [0, 0.05) is 37.0 Å². The number of piperidine rings is 2. The Labute approximate surface area is 213 Å². The molecule has 5 heterocycles. The Bertz CT molecular complexity index is 1340. The highest BCUT2D eigenvalue weighted by Crippen LogP contribution is 2.40. The van der Waals surface area contributed by atoms with Crippen LogP contribution in [0.5, 0.6) is 5.88 Å². The van der Waals surface area contributed by atoms with Gasteiger partial charge in [-0.05, 0) is 37.7 Å². The van der Waals surface area contributed by atoms with Crippen LogP contribution in [0.3, 0.4) is 0 Å². The van der Waals surface area contributed by atoms with E-state index in [4.69, 9.17) is 4.74 Å². The van der Waals surface area contributed by atoms with E-state index in [1.165, 1.54) is 13.3 Å². The predicted octanol–water partition coefficient (Wildman–Crippen LogP) is 2.41. The molecule has 3 aromatic heterocycles. The molecule has 14 heteroatoms. The first kappa shape index (κ1) is 25.3. The normalized spacial score (nSPS) is 22.0. The van der Waals surface area contributed by atoms with E-state index in [9.17, 15) is 17.9 Å². The molecule has 4 N–H and O–H groups in total. The third-order valence-electron chi connectivity index (χ3n) is 6.78. The van der Waals surface area contributed by atoms with Crippen LogP contribution < -0.4 is 15.4 Å². The number of hydrogen-bond donors (Lipinski definition) is 4. The largest absolute Gasteiger partial charge is 0.481 e. The summed E-state index contributed by atoms with van der Waals surface area (Å²) in [6.45, 7) is 0.405. The van der Waals surface area contributed by atoms with Crippen LogP contribution in [-0.4, -0.2) is 68.7 Å². The summed E-state index contributed by atoms with van der Waals surface area (Å²) >= 11 is 0. The van der Waals surface area contributed by atoms with Crippen molar-refractivity contribution >= 4 is 27.6 Å². The van der Waals surface area contributed by atoms with Gasteiger partial charge in [0.15, 0.2) is 5.82 Å². The lowest BCUT2D eigenvalue weighted by atomic mass is 9.80. The number of methoxy groups -OCH3 is 1. The number of rotatable bonds is 9. The molecule has 0 amide bonds. The van der Waals surface area contributed by atoms with Gasteiger partial charge in [0.05, 0.1) is 25.6 Å². The Morgan fingerprint density at radius 2 is 1.95 bits per heavy atom. The Morgan fingerprint density at radius 3 is 2.62 bits per heavy atom. The van der Waals surface area contributed by atoms with E-state index in [0.29, 0.717) is 48.5 Å². The minimum atomic E-state index is -3.84. The number of halogens is 1. The van der Waals surface area contributed by atoms with Crippen molar-refractivity contribution in [3.63, 3.8) is 0 Å². The zero-order valence-corrected chi connectivity index (χ0v) is 21.1. The smallest absolute Gasteiger partial charge is 0.245 e. The minimum absolute atomic E-state index is 0.103. The van der Waals surface area contributed by atoms with Gasteiger partial charge >= 0.3 is 0 Å². The number of pyridine rings is 1. The van der Waals surface area contributed by atoms with Crippen molar-refractivity contribution in [3.8, 4) is 5.88 Å². The number of aliphatic hydroxyl groups excluding tert-OH is 1. The third kappa shape index (κ3) is 5.50. The molecule has 37 heavy (non-hydrogen) atoms. The Hall–Kier alpha value is -3.36. The molecule has 2 atom stereocenters. The molecule has 0 aliphatic carbocycles. The number of anilines is 3. The number of sulfonamides is 1. The molecule has 0 aromatic carbocycles. The van der Waals surface area contributed by atoms with Crippen LogP contribution in [0, 0.1) is 11.7 Å². The topological polar surface area (TPSA) is 158 Å². The Morgan fingerprint density at radius 1 is 1.16 bits per heavy atom. The summed E-state index contributed by atoms with van der Waals surface area (Å²) < 4.78 is 47.3. The SMILES string of the molecule is COc1cc(Nc2cc(CO)[nH]n2)nc(NCC2CC3CCCC(C2)N3S(=O)(=O)c2cncc(F)c2)n1. The molecule has 5 rings (SSSR count). The van der Waals surface area contributed by atoms with E-state index in [2.05, 4.69) is 35.8 Å². The van der Waals surface area contributed by atoms with Gasteiger partial charge in [0.1, 0.15) is 16.5 Å². The maximum atomic E-state index is 13.7. The van der Waals surface area contributed by atoms with Gasteiger partial charge in [-0.15, -0.1) is 0 Å². The molecule has 3 aromatic rings. The fourth-order valence-corrected chi connectivity index (χ4v) is 7.08. The third-order valence-corrected chi connectivity index (χ3v) is 8.75. The maximum absolute atomic E-state index is 13.7. The van der Waals surface area contributed by atoms with Gasteiger partial charge in [-0.3, -0.25) is 10.1 Å². The summed E-state index contributed by atoms with van der Waals surface area (Å²) in [7, 11) is -2.33. The van der Waals surface area contributed by atoms with Crippen molar-refractivity contribution in [3.05, 3.63) is 42.1 Å². The highest BCUT2D eigenvalue weighted by Gasteiger charge is 2.45. The molecule has 0 saturated carbocycles. The van der Waals surface area contributed by atoms with Crippen molar-refractivity contribution in [1.29, 1.82) is 0 Å². The molecule has 2 saturated heterocycles. The number of hydrogen-bond acceptors (Lipinski definition) is 10. The number of nitrogens with zero attached hydrogens (tertiary/aromatic N) is 5. The van der Waals surface area contributed by atoms with Crippen LogP contribution in [0.4, 0.5) is 22.0 Å². The van der Waals surface area contributed by atoms with E-state index < -0.39 is 15.8 Å². The molecule has 2 unspecified atom stereocenters. The van der Waals surface area contributed by atoms with E-state index in [-0.39, 0.29) is 29.5 Å². The molecule has 2 bridgehead atoms. The number of aliphatic hydroxyl groups is 1. The summed E-state index contributed by atoms with van der Waals surface area (Å²) in [4.78, 5) is 12.5. The second-order valence-electron chi connectivity index (χ2n) is 9.31. The maximum Gasteiger partial charge on any atom is 0.245 e. The molecule has 0 radical (unpaired) electrons. The van der Waals surface area contributed by atoms with E-state index in [1.807, 2.05) is 0 Å². The van der Waals surface area contributed by atoms with Crippen molar-refractivity contribution < 1.29 is 22.7 Å². The van der Waals surface area contributed by atoms with Crippen LogP contribution in [0.15, 0.2) is 35.5 Å². The second kappa shape index (κ2) is 10.6. The number of fused-ring (bicyclic) bond motifs is 2. The average Bonchev–Trinajstić information content (AvgIpc) is 3.34. The quantitative estimate of drug-likeness (QED) is 0.322. The summed E-state index contributed by atoms with van der Waals surface area (Å²) in [5.41, 5.74) is 0.564. The standard InChI is InChI=1S/C23H29FN8O4S/c1-36-22-9-20(27-21-8-16(13-33)30-31-21)28-23(29-22)26-10-14-5-17-3-2-4-18(6-14)32(17)37(34,35)19-7-15(24)11-25-12-19/h7-9,11-12,14,17-18,33H,2-6,10,13H2,1H3,(H3,26,27,28,29,30,31). The fourth-order valence-electron chi connectivity index (χ4n) is 5.21. The average molecular weight is 533 g/mol. The molecule has 2 fully saturated rings. The van der Waals surface area contributed by atoms with E-state index in [0.717, 1.165) is 31.5 Å². The lowest BCUT2D eigenvalue weighted by Gasteiger charge is -2.47. The first-order chi connectivity index (χ1) is 17.9. The van der Waals surface area contributed by atoms with Gasteiger partial charge in [0.2, 0.25) is 21.9 Å². The van der Waals surface area contributed by atoms with Crippen LogP contribution in [-0.2, 0) is 16.6 Å². The molecular weight excluding hydrogens is 503 g/mol. The van der Waals surface area contributed by atoms with Crippen molar-refractivity contribution in [2.75, 3.05) is 24.3 Å². The monoisotopic (exact) mass is 532 g/mol. The number of aromatic amines is 1. The lowest BCUT2D eigenvalue weighted by molar-refractivity contribution is 0.0902. The summed E-state index contributed by atoms with van der Waals surface area (Å²) in [5.74, 6) is 1.22. The Kier molecular flexibility index (Phi) is 7.22. The summed E-state index contributed by atoms with van der Waals surface area (Å²) in [6.07, 6.45) is 6.05. The van der Waals surface area contributed by atoms with Gasteiger partial charge < -0.3 is 20.5 Å². The molecule has 2 aliphatic rings. The van der Waals surface area contributed by atoms with E-state index in [1.54, 1.807) is 16.4 Å². The minimum Gasteiger partial charge on any atom is -0.481 e. The summed E-state index contributed by atoms with van der Waals surface area (Å²) in [6, 6.07) is 4.02. The number of aromatic nitrogens is 5. The number of H-pyrrole nitrogens is 1. The molecular formula is C23H29FN8O4S.